The molecule has 10 heteroatoms. The number of sulfone groups is 1. The summed E-state index contributed by atoms with van der Waals surface area (Å²) in [6.45, 7) is 9.25. The van der Waals surface area contributed by atoms with Crippen molar-refractivity contribution in [2.24, 2.45) is 5.92 Å². The summed E-state index contributed by atoms with van der Waals surface area (Å²) < 4.78 is 61.7. The maximum absolute atomic E-state index is 13.5. The molecule has 2 aromatic rings. The zero-order chi connectivity index (χ0) is 26.6. The molecule has 0 radical (unpaired) electrons. The van der Waals surface area contributed by atoms with E-state index in [1.54, 1.807) is 18.2 Å². The monoisotopic (exact) mass is 549 g/mol. The highest BCUT2D eigenvalue weighted by atomic mass is 32.2. The minimum absolute atomic E-state index is 0.0194. The van der Waals surface area contributed by atoms with Crippen molar-refractivity contribution in [2.75, 3.05) is 57.9 Å². The van der Waals surface area contributed by atoms with Crippen molar-refractivity contribution < 1.29 is 21.6 Å². The summed E-state index contributed by atoms with van der Waals surface area (Å²) in [6, 6.07) is 11.3. The van der Waals surface area contributed by atoms with Crippen LogP contribution < -0.4 is 9.62 Å². The average Bonchev–Trinajstić information content (AvgIpc) is 2.89. The molecule has 37 heavy (non-hydrogen) atoms. The van der Waals surface area contributed by atoms with Gasteiger partial charge < -0.3 is 14.5 Å². The van der Waals surface area contributed by atoms with Crippen LogP contribution in [0.15, 0.2) is 57.2 Å². The Morgan fingerprint density at radius 1 is 0.919 bits per heavy atom. The van der Waals surface area contributed by atoms with Crippen LogP contribution in [0.5, 0.6) is 0 Å². The van der Waals surface area contributed by atoms with Crippen molar-refractivity contribution in [2.45, 2.75) is 53.7 Å². The Morgan fingerprint density at radius 2 is 1.54 bits per heavy atom. The van der Waals surface area contributed by atoms with Crippen molar-refractivity contribution in [3.63, 3.8) is 0 Å². The fraction of sp³-hybridized carbons (Fsp3) is 0.556. The van der Waals surface area contributed by atoms with E-state index in [1.165, 1.54) is 12.1 Å². The second-order valence-corrected chi connectivity index (χ2v) is 14.1. The predicted octanol–water partition coefficient (Wildman–Crippen LogP) is 3.49. The number of rotatable bonds is 9. The number of anilines is 1. The Hall–Kier alpha value is -1.98. The standard InChI is InChI=1S/C27H39N3O5S2/c1-21(2)26-9-8-25(20-27(26)37(33,34)28-13-10-22-11-18-35-19-12-22)36(31,32)24-6-4-23(5-7-24)30-16-14-29(3)15-17-30/h4-9,20-22,28H,10-19H2,1-3H3. The maximum atomic E-state index is 13.5. The first-order valence-corrected chi connectivity index (χ1v) is 16.0. The van der Waals surface area contributed by atoms with Gasteiger partial charge in [-0.05, 0) is 80.1 Å². The van der Waals surface area contributed by atoms with Crippen molar-refractivity contribution in [3.05, 3.63) is 48.0 Å². The number of likely N-dealkylation sites (N-methyl/N-ethyl adjacent to an activating group) is 1. The molecular weight excluding hydrogens is 510 g/mol. The van der Waals surface area contributed by atoms with Crippen molar-refractivity contribution in [1.29, 1.82) is 0 Å². The summed E-state index contributed by atoms with van der Waals surface area (Å²) in [5, 5.41) is 0. The first kappa shape index (κ1) is 28.0. The summed E-state index contributed by atoms with van der Waals surface area (Å²) in [5.41, 5.74) is 1.59. The van der Waals surface area contributed by atoms with E-state index in [2.05, 4.69) is 21.6 Å². The molecule has 2 fully saturated rings. The molecule has 0 spiro atoms. The fourth-order valence-electron chi connectivity index (χ4n) is 4.94. The van der Waals surface area contributed by atoms with Gasteiger partial charge in [0.1, 0.15) is 0 Å². The van der Waals surface area contributed by atoms with E-state index in [-0.39, 0.29) is 20.6 Å². The maximum Gasteiger partial charge on any atom is 0.240 e. The van der Waals surface area contributed by atoms with Gasteiger partial charge in [-0.1, -0.05) is 19.9 Å². The van der Waals surface area contributed by atoms with Crippen LogP contribution in [0.1, 0.15) is 44.6 Å². The first-order valence-electron chi connectivity index (χ1n) is 13.1. The molecule has 2 heterocycles. The second kappa shape index (κ2) is 11.8. The number of nitrogens with zero attached hydrogens (tertiary/aromatic N) is 2. The van der Waals surface area contributed by atoms with Crippen LogP contribution in [0.4, 0.5) is 5.69 Å². The lowest BCUT2D eigenvalue weighted by Gasteiger charge is -2.34. The molecular formula is C27H39N3O5S2. The molecule has 2 aromatic carbocycles. The van der Waals surface area contributed by atoms with Crippen LogP contribution in [0.3, 0.4) is 0 Å². The molecule has 204 valence electrons. The number of benzene rings is 2. The SMILES string of the molecule is CC(C)c1ccc(S(=O)(=O)c2ccc(N3CCN(C)CC3)cc2)cc1S(=O)(=O)NCCC1CCOCC1. The van der Waals surface area contributed by atoms with Gasteiger partial charge in [0.25, 0.3) is 0 Å². The van der Waals surface area contributed by atoms with E-state index in [0.29, 0.717) is 31.2 Å². The van der Waals surface area contributed by atoms with Gasteiger partial charge in [0.15, 0.2) is 0 Å². The second-order valence-electron chi connectivity index (χ2n) is 10.4. The molecule has 2 aliphatic heterocycles. The molecule has 1 N–H and O–H groups in total. The summed E-state index contributed by atoms with van der Waals surface area (Å²) >= 11 is 0. The molecule has 0 aliphatic carbocycles. The minimum atomic E-state index is -3.89. The van der Waals surface area contributed by atoms with Crippen molar-refractivity contribution in [3.8, 4) is 0 Å². The van der Waals surface area contributed by atoms with E-state index in [1.807, 2.05) is 26.0 Å². The Labute approximate surface area is 222 Å². The van der Waals surface area contributed by atoms with Gasteiger partial charge in [-0.15, -0.1) is 0 Å². The van der Waals surface area contributed by atoms with Gasteiger partial charge in [0.05, 0.1) is 14.7 Å². The van der Waals surface area contributed by atoms with Gasteiger partial charge >= 0.3 is 0 Å². The molecule has 0 atom stereocenters. The van der Waals surface area contributed by atoms with E-state index in [9.17, 15) is 16.8 Å². The average molecular weight is 550 g/mol. The molecule has 0 saturated carbocycles. The first-order chi connectivity index (χ1) is 17.6. The van der Waals surface area contributed by atoms with Crippen LogP contribution in [-0.2, 0) is 24.6 Å². The molecule has 8 nitrogen and oxygen atoms in total. The summed E-state index contributed by atoms with van der Waals surface area (Å²) in [6.07, 6.45) is 2.60. The van der Waals surface area contributed by atoms with E-state index in [4.69, 9.17) is 4.74 Å². The van der Waals surface area contributed by atoms with Crippen molar-refractivity contribution >= 4 is 25.5 Å². The molecule has 0 bridgehead atoms. The minimum Gasteiger partial charge on any atom is -0.381 e. The molecule has 4 rings (SSSR count). The third-order valence-corrected chi connectivity index (χ3v) is 10.7. The van der Waals surface area contributed by atoms with E-state index >= 15 is 0 Å². The van der Waals surface area contributed by atoms with Crippen LogP contribution in [-0.4, -0.2) is 74.7 Å². The van der Waals surface area contributed by atoms with Crippen LogP contribution >= 0.6 is 0 Å². The van der Waals surface area contributed by atoms with Crippen LogP contribution in [0.2, 0.25) is 0 Å². The molecule has 0 amide bonds. The third-order valence-electron chi connectivity index (χ3n) is 7.41. The van der Waals surface area contributed by atoms with E-state index < -0.39 is 19.9 Å². The normalized spacial score (nSPS) is 18.4. The Balaban J connectivity index is 1.55. The highest BCUT2D eigenvalue weighted by Gasteiger charge is 2.26. The van der Waals surface area contributed by atoms with Gasteiger partial charge in [-0.2, -0.15) is 0 Å². The number of ether oxygens (including phenoxy) is 1. The topological polar surface area (TPSA) is 96.0 Å². The van der Waals surface area contributed by atoms with Gasteiger partial charge in [-0.3, -0.25) is 0 Å². The predicted molar refractivity (Wildman–Crippen MR) is 145 cm³/mol. The van der Waals surface area contributed by atoms with Gasteiger partial charge in [-0.25, -0.2) is 21.6 Å². The fourth-order valence-corrected chi connectivity index (χ4v) is 7.74. The third kappa shape index (κ3) is 6.72. The highest BCUT2D eigenvalue weighted by molar-refractivity contribution is 7.91. The van der Waals surface area contributed by atoms with Gasteiger partial charge in [0, 0.05) is 51.6 Å². The molecule has 2 aliphatic rings. The summed E-state index contributed by atoms with van der Waals surface area (Å²) in [7, 11) is -5.68. The largest absolute Gasteiger partial charge is 0.381 e. The Kier molecular flexibility index (Phi) is 8.96. The van der Waals surface area contributed by atoms with Crippen LogP contribution in [0, 0.1) is 5.92 Å². The summed E-state index contributed by atoms with van der Waals surface area (Å²) in [4.78, 5) is 4.67. The van der Waals surface area contributed by atoms with E-state index in [0.717, 1.165) is 51.1 Å². The van der Waals surface area contributed by atoms with Crippen molar-refractivity contribution in [1.82, 2.24) is 9.62 Å². The Bertz CT molecular complexity index is 1260. The number of hydrogen-bond donors (Lipinski definition) is 1. The highest BCUT2D eigenvalue weighted by Crippen LogP contribution is 2.30. The lowest BCUT2D eigenvalue weighted by atomic mass is 9.97. The molecule has 2 saturated heterocycles. The lowest BCUT2D eigenvalue weighted by Crippen LogP contribution is -2.44. The zero-order valence-electron chi connectivity index (χ0n) is 22.0. The molecule has 0 unspecified atom stereocenters. The number of hydrogen-bond acceptors (Lipinski definition) is 7. The van der Waals surface area contributed by atoms with Crippen LogP contribution in [0.25, 0.3) is 0 Å². The summed E-state index contributed by atoms with van der Waals surface area (Å²) in [5.74, 6) is 0.350. The quantitative estimate of drug-likeness (QED) is 0.512. The number of piperazine rings is 1. The number of sulfonamides is 1. The smallest absolute Gasteiger partial charge is 0.240 e. The molecule has 0 aromatic heterocycles. The Morgan fingerprint density at radius 3 is 2.16 bits per heavy atom. The number of nitrogens with one attached hydrogen (secondary N) is 1. The zero-order valence-corrected chi connectivity index (χ0v) is 23.7. The van der Waals surface area contributed by atoms with Gasteiger partial charge in [0.2, 0.25) is 19.9 Å². The lowest BCUT2D eigenvalue weighted by molar-refractivity contribution is 0.0644.